The van der Waals surface area contributed by atoms with Crippen LogP contribution in [0.2, 0.25) is 0 Å². The van der Waals surface area contributed by atoms with E-state index >= 15 is 0 Å². The molecule has 1 aliphatic rings. The van der Waals surface area contributed by atoms with Gasteiger partial charge in [0.25, 0.3) is 0 Å². The van der Waals surface area contributed by atoms with E-state index in [0.717, 1.165) is 12.8 Å². The van der Waals surface area contributed by atoms with Crippen LogP contribution in [0.15, 0.2) is 0 Å². The average Bonchev–Trinajstić information content (AvgIpc) is 2.50. The van der Waals surface area contributed by atoms with Gasteiger partial charge >= 0.3 is 5.97 Å². The Morgan fingerprint density at radius 2 is 2.33 bits per heavy atom. The van der Waals surface area contributed by atoms with Crippen molar-refractivity contribution >= 4 is 5.97 Å². The van der Waals surface area contributed by atoms with Crippen LogP contribution in [0.1, 0.15) is 19.3 Å². The first-order chi connectivity index (χ1) is 4.20. The topological polar surface area (TPSA) is 37.3 Å². The van der Waals surface area contributed by atoms with Crippen LogP contribution in [-0.2, 0) is 4.79 Å². The Morgan fingerprint density at radius 1 is 1.78 bits per heavy atom. The maximum Gasteiger partial charge on any atom is 0.338 e. The highest BCUT2D eigenvalue weighted by Gasteiger charge is 2.28. The van der Waals surface area contributed by atoms with Crippen molar-refractivity contribution in [2.75, 3.05) is 0 Å². The summed E-state index contributed by atoms with van der Waals surface area (Å²) < 4.78 is 12.2. The van der Waals surface area contributed by atoms with Crippen LogP contribution in [0.25, 0.3) is 0 Å². The first-order valence-corrected chi connectivity index (χ1v) is 3.07. The number of carboxylic acids is 1. The molecule has 9 heavy (non-hydrogen) atoms. The zero-order valence-corrected chi connectivity index (χ0v) is 5.01. The lowest BCUT2D eigenvalue weighted by molar-refractivity contribution is -0.143. The summed E-state index contributed by atoms with van der Waals surface area (Å²) in [6, 6.07) is 0. The fourth-order valence-electron chi connectivity index (χ4n) is 0.747. The fraction of sp³-hybridized carbons (Fsp3) is 0.833. The standard InChI is InChI=1S/C6H9FO2/c7-5(6(8)9)3-4-1-2-4/h4-5H,1-3H2,(H,8,9)/t5-/m1/s1. The van der Waals surface area contributed by atoms with Crippen molar-refractivity contribution < 1.29 is 14.3 Å². The normalized spacial score (nSPS) is 21.4. The molecule has 52 valence electrons. The van der Waals surface area contributed by atoms with E-state index in [1.807, 2.05) is 0 Å². The summed E-state index contributed by atoms with van der Waals surface area (Å²) in [5, 5.41) is 8.08. The Labute approximate surface area is 52.7 Å². The molecule has 0 aromatic carbocycles. The summed E-state index contributed by atoms with van der Waals surface area (Å²) in [6.45, 7) is 0. The third kappa shape index (κ3) is 2.00. The van der Waals surface area contributed by atoms with Gasteiger partial charge in [-0.3, -0.25) is 0 Å². The predicted molar refractivity (Wildman–Crippen MR) is 29.9 cm³/mol. The molecule has 1 atom stereocenters. The van der Waals surface area contributed by atoms with Crippen LogP contribution in [-0.4, -0.2) is 17.2 Å². The molecule has 0 amide bonds. The third-order valence-corrected chi connectivity index (χ3v) is 1.51. The number of alkyl halides is 1. The highest BCUT2D eigenvalue weighted by molar-refractivity contribution is 5.72. The molecule has 0 spiro atoms. The molecule has 3 heteroatoms. The maximum atomic E-state index is 12.2. The van der Waals surface area contributed by atoms with Crippen molar-refractivity contribution in [1.82, 2.24) is 0 Å². The lowest BCUT2D eigenvalue weighted by atomic mass is 10.2. The first-order valence-electron chi connectivity index (χ1n) is 3.07. The molecule has 1 rings (SSSR count). The number of carbonyl (C=O) groups is 1. The van der Waals surface area contributed by atoms with Crippen LogP contribution in [0, 0.1) is 5.92 Å². The quantitative estimate of drug-likeness (QED) is 0.626. The second-order valence-electron chi connectivity index (χ2n) is 2.48. The van der Waals surface area contributed by atoms with E-state index in [1.165, 1.54) is 0 Å². The second kappa shape index (κ2) is 2.33. The van der Waals surface area contributed by atoms with Gasteiger partial charge in [0.2, 0.25) is 0 Å². The smallest absolute Gasteiger partial charge is 0.338 e. The zero-order chi connectivity index (χ0) is 6.85. The van der Waals surface area contributed by atoms with E-state index in [9.17, 15) is 9.18 Å². The Morgan fingerprint density at radius 3 is 2.67 bits per heavy atom. The lowest BCUT2D eigenvalue weighted by Crippen LogP contribution is -2.14. The van der Waals surface area contributed by atoms with Gasteiger partial charge in [0.15, 0.2) is 6.17 Å². The summed E-state index contributed by atoms with van der Waals surface area (Å²) >= 11 is 0. The minimum absolute atomic E-state index is 0.218. The Bertz CT molecular complexity index is 120. The molecule has 1 aliphatic carbocycles. The molecule has 0 aromatic heterocycles. The summed E-state index contributed by atoms with van der Waals surface area (Å²) in [4.78, 5) is 9.89. The molecule has 2 nitrogen and oxygen atoms in total. The number of carboxylic acid groups (broad SMARTS) is 1. The van der Waals surface area contributed by atoms with Crippen molar-refractivity contribution in [3.8, 4) is 0 Å². The van der Waals surface area contributed by atoms with E-state index < -0.39 is 12.1 Å². The van der Waals surface area contributed by atoms with Gasteiger partial charge in [-0.15, -0.1) is 0 Å². The van der Waals surface area contributed by atoms with Crippen LogP contribution < -0.4 is 0 Å². The molecule has 1 saturated carbocycles. The zero-order valence-electron chi connectivity index (χ0n) is 5.01. The van der Waals surface area contributed by atoms with Crippen LogP contribution >= 0.6 is 0 Å². The molecular weight excluding hydrogens is 123 g/mol. The molecule has 0 aliphatic heterocycles. The summed E-state index contributed by atoms with van der Waals surface area (Å²) in [6.07, 6.45) is 0.606. The molecule has 1 fully saturated rings. The van der Waals surface area contributed by atoms with Crippen molar-refractivity contribution in [1.29, 1.82) is 0 Å². The highest BCUT2D eigenvalue weighted by atomic mass is 19.1. The predicted octanol–water partition coefficient (Wildman–Crippen LogP) is 1.21. The van der Waals surface area contributed by atoms with Gasteiger partial charge in [0.1, 0.15) is 0 Å². The van der Waals surface area contributed by atoms with E-state index in [1.54, 1.807) is 0 Å². The molecule has 0 aromatic rings. The van der Waals surface area contributed by atoms with E-state index in [2.05, 4.69) is 0 Å². The minimum atomic E-state index is -1.63. The van der Waals surface area contributed by atoms with Crippen molar-refractivity contribution in [2.45, 2.75) is 25.4 Å². The van der Waals surface area contributed by atoms with Crippen LogP contribution in [0.4, 0.5) is 4.39 Å². The Hall–Kier alpha value is -0.600. The molecule has 1 N–H and O–H groups in total. The molecular formula is C6H9FO2. The maximum absolute atomic E-state index is 12.2. The van der Waals surface area contributed by atoms with Crippen molar-refractivity contribution in [3.05, 3.63) is 0 Å². The second-order valence-corrected chi connectivity index (χ2v) is 2.48. The van der Waals surface area contributed by atoms with E-state index in [4.69, 9.17) is 5.11 Å². The molecule has 0 bridgehead atoms. The Kier molecular flexibility index (Phi) is 1.69. The molecule has 0 radical (unpaired) electrons. The van der Waals surface area contributed by atoms with Crippen LogP contribution in [0.5, 0.6) is 0 Å². The van der Waals surface area contributed by atoms with Gasteiger partial charge in [-0.05, 0) is 12.3 Å². The minimum Gasteiger partial charge on any atom is -0.479 e. The van der Waals surface area contributed by atoms with Crippen molar-refractivity contribution in [2.24, 2.45) is 5.92 Å². The highest BCUT2D eigenvalue weighted by Crippen LogP contribution is 2.34. The molecule has 0 saturated heterocycles. The third-order valence-electron chi connectivity index (χ3n) is 1.51. The number of hydrogen-bond acceptors (Lipinski definition) is 1. The first kappa shape index (κ1) is 6.52. The SMILES string of the molecule is O=C(O)[C@H](F)CC1CC1. The Balaban J connectivity index is 2.16. The number of rotatable bonds is 3. The van der Waals surface area contributed by atoms with Gasteiger partial charge < -0.3 is 5.11 Å². The number of hydrogen-bond donors (Lipinski definition) is 1. The fourth-order valence-corrected chi connectivity index (χ4v) is 0.747. The monoisotopic (exact) mass is 132 g/mol. The van der Waals surface area contributed by atoms with Gasteiger partial charge in [0, 0.05) is 0 Å². The van der Waals surface area contributed by atoms with Crippen LogP contribution in [0.3, 0.4) is 0 Å². The number of halogens is 1. The average molecular weight is 132 g/mol. The molecule has 0 heterocycles. The van der Waals surface area contributed by atoms with Crippen molar-refractivity contribution in [3.63, 3.8) is 0 Å². The summed E-state index contributed by atoms with van der Waals surface area (Å²) in [5.41, 5.74) is 0. The largest absolute Gasteiger partial charge is 0.479 e. The van der Waals surface area contributed by atoms with E-state index in [-0.39, 0.29) is 6.42 Å². The van der Waals surface area contributed by atoms with Gasteiger partial charge in [-0.2, -0.15) is 0 Å². The summed E-state index contributed by atoms with van der Waals surface area (Å²) in [7, 11) is 0. The number of aliphatic carboxylic acids is 1. The summed E-state index contributed by atoms with van der Waals surface area (Å²) in [5.74, 6) is -0.960. The van der Waals surface area contributed by atoms with E-state index in [0.29, 0.717) is 5.92 Å². The van der Waals surface area contributed by atoms with Gasteiger partial charge in [0.05, 0.1) is 0 Å². The van der Waals surface area contributed by atoms with Gasteiger partial charge in [-0.25, -0.2) is 9.18 Å². The van der Waals surface area contributed by atoms with Gasteiger partial charge in [-0.1, -0.05) is 12.8 Å². The molecule has 0 unspecified atom stereocenters. The lowest BCUT2D eigenvalue weighted by Gasteiger charge is -1.97.